The molecule has 0 saturated heterocycles. The molecule has 11 heteroatoms. The van der Waals surface area contributed by atoms with Gasteiger partial charge in [0.05, 0.1) is 12.1 Å². The number of ketones is 1. The third kappa shape index (κ3) is 9.81. The van der Waals surface area contributed by atoms with Crippen LogP contribution in [-0.4, -0.2) is 69.7 Å². The lowest BCUT2D eigenvalue weighted by atomic mass is 10.00. The van der Waals surface area contributed by atoms with E-state index in [9.17, 15) is 29.4 Å². The topological polar surface area (TPSA) is 171 Å². The van der Waals surface area contributed by atoms with Crippen LogP contribution >= 0.6 is 12.6 Å². The van der Waals surface area contributed by atoms with Crippen molar-refractivity contribution in [1.82, 2.24) is 16.0 Å². The summed E-state index contributed by atoms with van der Waals surface area (Å²) in [6.45, 7) is 2.84. The molecule has 10 nitrogen and oxygen atoms in total. The predicted octanol–water partition coefficient (Wildman–Crippen LogP) is 0.249. The number of carbonyl (C=O) groups is 4. The van der Waals surface area contributed by atoms with Gasteiger partial charge in [-0.1, -0.05) is 42.5 Å². The number of Topliss-reactive ketones (excluding diaryl/α,β-unsaturated/α-hetero) is 1. The lowest BCUT2D eigenvalue weighted by Gasteiger charge is -2.25. The summed E-state index contributed by atoms with van der Waals surface area (Å²) in [7, 11) is 0. The van der Waals surface area contributed by atoms with Gasteiger partial charge in [-0.3, -0.25) is 19.2 Å². The quantitative estimate of drug-likeness (QED) is 0.167. The van der Waals surface area contributed by atoms with Gasteiger partial charge in [0.1, 0.15) is 23.9 Å². The van der Waals surface area contributed by atoms with Crippen LogP contribution in [-0.2, 0) is 32.0 Å². The van der Waals surface area contributed by atoms with Crippen molar-refractivity contribution in [3.05, 3.63) is 65.7 Å². The SMILES string of the molecule is C[C@H](NC(=O)[C@H](Cc1ccc(O)cc1)NC(=O)[C@@H](N)CS)C(=O)N[C@H](C(=O)CCc1ccccc1)[C@@H](C)O. The number of rotatable bonds is 14. The minimum Gasteiger partial charge on any atom is -0.508 e. The first-order chi connectivity index (χ1) is 18.0. The summed E-state index contributed by atoms with van der Waals surface area (Å²) >= 11 is 4.01. The van der Waals surface area contributed by atoms with Crippen LogP contribution in [0.1, 0.15) is 31.4 Å². The molecule has 0 radical (unpaired) electrons. The Morgan fingerprint density at radius 1 is 0.868 bits per heavy atom. The smallest absolute Gasteiger partial charge is 0.243 e. The summed E-state index contributed by atoms with van der Waals surface area (Å²) in [5.41, 5.74) is 7.33. The molecule has 0 bridgehead atoms. The van der Waals surface area contributed by atoms with Gasteiger partial charge in [0.25, 0.3) is 0 Å². The maximum atomic E-state index is 13.1. The van der Waals surface area contributed by atoms with E-state index < -0.39 is 48.0 Å². The predicted molar refractivity (Wildman–Crippen MR) is 147 cm³/mol. The zero-order valence-electron chi connectivity index (χ0n) is 21.5. The lowest BCUT2D eigenvalue weighted by molar-refractivity contribution is -0.134. The first-order valence-electron chi connectivity index (χ1n) is 12.3. The minimum absolute atomic E-state index is 0.0483. The van der Waals surface area contributed by atoms with E-state index in [1.54, 1.807) is 12.1 Å². The second-order valence-electron chi connectivity index (χ2n) is 9.13. The van der Waals surface area contributed by atoms with Crippen LogP contribution in [0.5, 0.6) is 5.75 Å². The highest BCUT2D eigenvalue weighted by atomic mass is 32.1. The third-order valence-corrected chi connectivity index (χ3v) is 6.32. The monoisotopic (exact) mass is 544 g/mol. The van der Waals surface area contributed by atoms with Gasteiger partial charge in [-0.15, -0.1) is 0 Å². The van der Waals surface area contributed by atoms with E-state index in [-0.39, 0.29) is 30.1 Å². The van der Waals surface area contributed by atoms with Crippen molar-refractivity contribution < 1.29 is 29.4 Å². The standard InChI is InChI=1S/C27H36N4O6S/c1-16(25(35)31-24(17(2)32)23(34)13-10-18-6-4-3-5-7-18)29-27(37)22(30-26(36)21(28)15-38)14-19-8-11-20(33)12-9-19/h3-9,11-12,16-17,21-22,24,32-33,38H,10,13-15,28H2,1-2H3,(H,29,37)(H,30,36)(H,31,35)/t16-,17+,21-,22-,24-/m0/s1. The second-order valence-corrected chi connectivity index (χ2v) is 9.50. The number of nitrogens with one attached hydrogen (secondary N) is 3. The van der Waals surface area contributed by atoms with Crippen LogP contribution in [0.2, 0.25) is 0 Å². The van der Waals surface area contributed by atoms with Gasteiger partial charge in [-0.2, -0.15) is 12.6 Å². The molecular weight excluding hydrogens is 508 g/mol. The van der Waals surface area contributed by atoms with Crippen LogP contribution in [0.25, 0.3) is 0 Å². The Morgan fingerprint density at radius 3 is 2.08 bits per heavy atom. The van der Waals surface area contributed by atoms with Crippen LogP contribution < -0.4 is 21.7 Å². The largest absolute Gasteiger partial charge is 0.508 e. The van der Waals surface area contributed by atoms with Crippen molar-refractivity contribution >= 4 is 36.1 Å². The second kappa shape index (κ2) is 15.1. The van der Waals surface area contributed by atoms with E-state index in [4.69, 9.17) is 5.73 Å². The maximum Gasteiger partial charge on any atom is 0.243 e. The Hall–Kier alpha value is -3.41. The zero-order chi connectivity index (χ0) is 28.2. The molecule has 3 amide bonds. The molecule has 0 fully saturated rings. The number of aryl methyl sites for hydroxylation is 1. The fraction of sp³-hybridized carbons (Fsp3) is 0.407. The Morgan fingerprint density at radius 2 is 1.50 bits per heavy atom. The van der Waals surface area contributed by atoms with Crippen molar-refractivity contribution in [3.8, 4) is 5.75 Å². The van der Waals surface area contributed by atoms with Crippen LogP contribution in [0, 0.1) is 0 Å². The van der Waals surface area contributed by atoms with Crippen molar-refractivity contribution in [1.29, 1.82) is 0 Å². The molecule has 0 aromatic heterocycles. The number of aliphatic hydroxyl groups excluding tert-OH is 1. The Balaban J connectivity index is 2.04. The molecule has 2 rings (SSSR count). The van der Waals surface area contributed by atoms with Crippen LogP contribution in [0.3, 0.4) is 0 Å². The Kier molecular flexibility index (Phi) is 12.3. The van der Waals surface area contributed by atoms with Crippen molar-refractivity contribution in [2.75, 3.05) is 5.75 Å². The molecule has 0 heterocycles. The maximum absolute atomic E-state index is 13.1. The van der Waals surface area contributed by atoms with E-state index in [1.807, 2.05) is 30.3 Å². The van der Waals surface area contributed by atoms with E-state index in [0.29, 0.717) is 12.0 Å². The number of carbonyl (C=O) groups excluding carboxylic acids is 4. The van der Waals surface area contributed by atoms with Gasteiger partial charge >= 0.3 is 0 Å². The molecule has 0 spiro atoms. The molecule has 2 aromatic rings. The number of thiol groups is 1. The first-order valence-corrected chi connectivity index (χ1v) is 12.9. The van der Waals surface area contributed by atoms with E-state index in [2.05, 4.69) is 28.6 Å². The average Bonchev–Trinajstić information content (AvgIpc) is 2.90. The average molecular weight is 545 g/mol. The van der Waals surface area contributed by atoms with Crippen molar-refractivity contribution in [2.24, 2.45) is 5.73 Å². The summed E-state index contributed by atoms with van der Waals surface area (Å²) in [4.78, 5) is 51.0. The Bertz CT molecular complexity index is 1080. The van der Waals surface area contributed by atoms with Gasteiger partial charge in [-0.25, -0.2) is 0 Å². The van der Waals surface area contributed by atoms with Gasteiger partial charge in [0.2, 0.25) is 17.7 Å². The molecule has 0 aliphatic rings. The van der Waals surface area contributed by atoms with E-state index in [1.165, 1.54) is 26.0 Å². The number of benzene rings is 2. The molecule has 5 atom stereocenters. The van der Waals surface area contributed by atoms with Crippen molar-refractivity contribution in [2.45, 2.75) is 63.4 Å². The fourth-order valence-corrected chi connectivity index (χ4v) is 3.80. The number of aromatic hydroxyl groups is 1. The fourth-order valence-electron chi connectivity index (χ4n) is 3.63. The molecule has 0 unspecified atom stereocenters. The number of nitrogens with two attached hydrogens (primary N) is 1. The summed E-state index contributed by atoms with van der Waals surface area (Å²) in [5.74, 6) is -2.13. The highest BCUT2D eigenvalue weighted by Gasteiger charge is 2.30. The highest BCUT2D eigenvalue weighted by molar-refractivity contribution is 7.80. The van der Waals surface area contributed by atoms with Crippen molar-refractivity contribution in [3.63, 3.8) is 0 Å². The number of aliphatic hydroxyl groups is 1. The zero-order valence-corrected chi connectivity index (χ0v) is 22.4. The van der Waals surface area contributed by atoms with Crippen LogP contribution in [0.4, 0.5) is 0 Å². The molecule has 0 aliphatic carbocycles. The molecule has 0 aliphatic heterocycles. The number of phenols is 1. The number of phenolic OH excluding ortho intramolecular Hbond substituents is 1. The minimum atomic E-state index is -1.15. The summed E-state index contributed by atoms with van der Waals surface area (Å²) < 4.78 is 0. The summed E-state index contributed by atoms with van der Waals surface area (Å²) in [6, 6.07) is 11.2. The number of amides is 3. The normalized spacial score (nSPS) is 14.9. The molecule has 206 valence electrons. The van der Waals surface area contributed by atoms with Gasteiger partial charge in [-0.05, 0) is 43.5 Å². The Labute approximate surface area is 227 Å². The van der Waals surface area contributed by atoms with Gasteiger partial charge in [0, 0.05) is 18.6 Å². The molecule has 0 saturated carbocycles. The number of hydrogen-bond acceptors (Lipinski definition) is 8. The molecular formula is C27H36N4O6S. The van der Waals surface area contributed by atoms with E-state index in [0.717, 1.165) is 5.56 Å². The summed E-state index contributed by atoms with van der Waals surface area (Å²) in [5, 5.41) is 27.3. The van der Waals surface area contributed by atoms with Crippen LogP contribution in [0.15, 0.2) is 54.6 Å². The lowest BCUT2D eigenvalue weighted by Crippen LogP contribution is -2.58. The number of hydrogen-bond donors (Lipinski definition) is 7. The molecule has 7 N–H and O–H groups in total. The molecule has 38 heavy (non-hydrogen) atoms. The highest BCUT2D eigenvalue weighted by Crippen LogP contribution is 2.12. The van der Waals surface area contributed by atoms with Gasteiger partial charge < -0.3 is 31.9 Å². The molecule has 2 aromatic carbocycles. The summed E-state index contributed by atoms with van der Waals surface area (Å²) in [6.07, 6.45) is -0.501. The van der Waals surface area contributed by atoms with E-state index >= 15 is 0 Å². The first kappa shape index (κ1) is 30.8. The third-order valence-electron chi connectivity index (χ3n) is 5.92. The van der Waals surface area contributed by atoms with Gasteiger partial charge in [0.15, 0.2) is 5.78 Å².